The Morgan fingerprint density at radius 2 is 2.43 bits per heavy atom. The number of hydrogen-bond acceptors (Lipinski definition) is 3. The fraction of sp³-hybridized carbons (Fsp3) is 0.700. The van der Waals surface area contributed by atoms with Crippen molar-refractivity contribution in [2.45, 2.75) is 19.9 Å². The van der Waals surface area contributed by atoms with E-state index in [0.717, 1.165) is 31.4 Å². The van der Waals surface area contributed by atoms with Gasteiger partial charge in [0.05, 0.1) is 0 Å². The molecule has 78 valence electrons. The largest absolute Gasteiger partial charge is 0.368 e. The normalized spacial score (nSPS) is 17.1. The van der Waals surface area contributed by atoms with Crippen molar-refractivity contribution in [2.24, 2.45) is 5.92 Å². The molecule has 0 saturated carbocycles. The quantitative estimate of drug-likeness (QED) is 0.754. The monoisotopic (exact) mass is 194 g/mol. The first-order chi connectivity index (χ1) is 6.75. The van der Waals surface area contributed by atoms with E-state index in [4.69, 9.17) is 0 Å². The van der Waals surface area contributed by atoms with Crippen LogP contribution in [0.15, 0.2) is 12.3 Å². The third-order valence-electron chi connectivity index (χ3n) is 2.58. The Balaban J connectivity index is 1.83. The Kier molecular flexibility index (Phi) is 2.72. The third kappa shape index (κ3) is 2.07. The molecule has 1 aliphatic rings. The predicted octanol–water partition coefficient (Wildman–Crippen LogP) is 1.10. The first-order valence-electron chi connectivity index (χ1n) is 5.25. The van der Waals surface area contributed by atoms with Gasteiger partial charge in [-0.15, -0.1) is 0 Å². The van der Waals surface area contributed by atoms with Gasteiger partial charge in [-0.2, -0.15) is 5.10 Å². The lowest BCUT2D eigenvalue weighted by molar-refractivity contribution is 0.365. The molecular formula is C10H18N4. The molecule has 0 aliphatic carbocycles. The SMILES string of the molecule is CC(C)n1ccc(NCC2CNC2)n1. The van der Waals surface area contributed by atoms with Crippen LogP contribution in [0.4, 0.5) is 5.82 Å². The van der Waals surface area contributed by atoms with Crippen molar-refractivity contribution in [3.8, 4) is 0 Å². The lowest BCUT2D eigenvalue weighted by Crippen LogP contribution is -2.45. The van der Waals surface area contributed by atoms with Crippen LogP contribution in [0.5, 0.6) is 0 Å². The van der Waals surface area contributed by atoms with Crippen LogP contribution in [0.25, 0.3) is 0 Å². The fourth-order valence-corrected chi connectivity index (χ4v) is 1.46. The number of hydrogen-bond donors (Lipinski definition) is 2. The molecule has 1 aromatic rings. The van der Waals surface area contributed by atoms with Crippen LogP contribution in [-0.4, -0.2) is 29.4 Å². The predicted molar refractivity (Wildman–Crippen MR) is 57.5 cm³/mol. The van der Waals surface area contributed by atoms with Gasteiger partial charge < -0.3 is 10.6 Å². The van der Waals surface area contributed by atoms with E-state index in [2.05, 4.69) is 29.6 Å². The van der Waals surface area contributed by atoms with E-state index in [1.165, 1.54) is 0 Å². The van der Waals surface area contributed by atoms with Crippen molar-refractivity contribution < 1.29 is 0 Å². The molecule has 0 aromatic carbocycles. The second kappa shape index (κ2) is 4.00. The summed E-state index contributed by atoms with van der Waals surface area (Å²) in [6, 6.07) is 2.47. The summed E-state index contributed by atoms with van der Waals surface area (Å²) in [6.45, 7) is 7.57. The molecule has 4 nitrogen and oxygen atoms in total. The van der Waals surface area contributed by atoms with Crippen LogP contribution in [0, 0.1) is 5.92 Å². The Morgan fingerprint density at radius 3 is 2.93 bits per heavy atom. The van der Waals surface area contributed by atoms with Crippen molar-refractivity contribution >= 4 is 5.82 Å². The molecule has 0 radical (unpaired) electrons. The van der Waals surface area contributed by atoms with Gasteiger partial charge in [0.1, 0.15) is 5.82 Å². The summed E-state index contributed by atoms with van der Waals surface area (Å²) >= 11 is 0. The van der Waals surface area contributed by atoms with E-state index in [1.54, 1.807) is 0 Å². The maximum atomic E-state index is 4.43. The summed E-state index contributed by atoms with van der Waals surface area (Å²) in [5.74, 6) is 1.77. The first-order valence-corrected chi connectivity index (χ1v) is 5.25. The van der Waals surface area contributed by atoms with Gasteiger partial charge in [-0.05, 0) is 13.8 Å². The van der Waals surface area contributed by atoms with E-state index in [1.807, 2.05) is 16.9 Å². The Hall–Kier alpha value is -1.03. The van der Waals surface area contributed by atoms with Crippen LogP contribution in [0.2, 0.25) is 0 Å². The number of anilines is 1. The summed E-state index contributed by atoms with van der Waals surface area (Å²) in [5.41, 5.74) is 0. The summed E-state index contributed by atoms with van der Waals surface area (Å²) in [4.78, 5) is 0. The molecule has 2 rings (SSSR count). The van der Waals surface area contributed by atoms with E-state index in [-0.39, 0.29) is 0 Å². The van der Waals surface area contributed by atoms with Gasteiger partial charge >= 0.3 is 0 Å². The van der Waals surface area contributed by atoms with Gasteiger partial charge in [-0.1, -0.05) is 0 Å². The Labute approximate surface area is 84.7 Å². The molecule has 2 heterocycles. The standard InChI is InChI=1S/C10H18N4/c1-8(2)14-4-3-10(13-14)12-7-9-5-11-6-9/h3-4,8-9,11H,5-7H2,1-2H3,(H,12,13). The zero-order valence-corrected chi connectivity index (χ0v) is 8.83. The topological polar surface area (TPSA) is 41.9 Å². The third-order valence-corrected chi connectivity index (χ3v) is 2.58. The minimum atomic E-state index is 0.441. The number of nitrogens with one attached hydrogen (secondary N) is 2. The molecule has 0 spiro atoms. The van der Waals surface area contributed by atoms with E-state index >= 15 is 0 Å². The lowest BCUT2D eigenvalue weighted by atomic mass is 10.0. The van der Waals surface area contributed by atoms with Crippen LogP contribution in [0.1, 0.15) is 19.9 Å². The molecule has 0 unspecified atom stereocenters. The van der Waals surface area contributed by atoms with Gasteiger partial charge in [0, 0.05) is 43.9 Å². The smallest absolute Gasteiger partial charge is 0.148 e. The summed E-state index contributed by atoms with van der Waals surface area (Å²) in [5, 5.41) is 11.0. The van der Waals surface area contributed by atoms with Crippen LogP contribution < -0.4 is 10.6 Å². The molecule has 14 heavy (non-hydrogen) atoms. The zero-order chi connectivity index (χ0) is 9.97. The van der Waals surface area contributed by atoms with Gasteiger partial charge in [-0.3, -0.25) is 4.68 Å². The highest BCUT2D eigenvalue weighted by molar-refractivity contribution is 5.32. The van der Waals surface area contributed by atoms with Crippen molar-refractivity contribution in [3.63, 3.8) is 0 Å². The molecule has 1 saturated heterocycles. The van der Waals surface area contributed by atoms with Crippen molar-refractivity contribution in [1.82, 2.24) is 15.1 Å². The average Bonchev–Trinajstić information content (AvgIpc) is 2.50. The van der Waals surface area contributed by atoms with Gasteiger partial charge in [0.2, 0.25) is 0 Å². The van der Waals surface area contributed by atoms with Gasteiger partial charge in [-0.25, -0.2) is 0 Å². The molecular weight excluding hydrogens is 176 g/mol. The highest BCUT2D eigenvalue weighted by Crippen LogP contribution is 2.09. The summed E-state index contributed by atoms with van der Waals surface area (Å²) < 4.78 is 1.97. The summed E-state index contributed by atoms with van der Waals surface area (Å²) in [6.07, 6.45) is 2.02. The molecule has 0 atom stereocenters. The number of aromatic nitrogens is 2. The van der Waals surface area contributed by atoms with E-state index in [9.17, 15) is 0 Å². The second-order valence-corrected chi connectivity index (χ2v) is 4.18. The molecule has 1 aromatic heterocycles. The maximum Gasteiger partial charge on any atom is 0.148 e. The van der Waals surface area contributed by atoms with Crippen LogP contribution >= 0.6 is 0 Å². The molecule has 1 fully saturated rings. The van der Waals surface area contributed by atoms with Crippen molar-refractivity contribution in [3.05, 3.63) is 12.3 Å². The molecule has 0 bridgehead atoms. The van der Waals surface area contributed by atoms with Gasteiger partial charge in [0.25, 0.3) is 0 Å². The van der Waals surface area contributed by atoms with E-state index < -0.39 is 0 Å². The number of rotatable bonds is 4. The second-order valence-electron chi connectivity index (χ2n) is 4.18. The average molecular weight is 194 g/mol. The fourth-order valence-electron chi connectivity index (χ4n) is 1.46. The Bertz CT molecular complexity index is 288. The Morgan fingerprint density at radius 1 is 1.64 bits per heavy atom. The van der Waals surface area contributed by atoms with Crippen molar-refractivity contribution in [2.75, 3.05) is 25.0 Å². The number of nitrogens with zero attached hydrogens (tertiary/aromatic N) is 2. The molecule has 2 N–H and O–H groups in total. The van der Waals surface area contributed by atoms with Crippen LogP contribution in [-0.2, 0) is 0 Å². The van der Waals surface area contributed by atoms with Crippen LogP contribution in [0.3, 0.4) is 0 Å². The van der Waals surface area contributed by atoms with Gasteiger partial charge in [0.15, 0.2) is 0 Å². The first kappa shape index (κ1) is 9.52. The zero-order valence-electron chi connectivity index (χ0n) is 8.83. The molecule has 1 aliphatic heterocycles. The minimum Gasteiger partial charge on any atom is -0.368 e. The van der Waals surface area contributed by atoms with E-state index in [0.29, 0.717) is 6.04 Å². The summed E-state index contributed by atoms with van der Waals surface area (Å²) in [7, 11) is 0. The maximum absolute atomic E-state index is 4.43. The highest BCUT2D eigenvalue weighted by atomic mass is 15.3. The molecule has 0 amide bonds. The minimum absolute atomic E-state index is 0.441. The molecule has 4 heteroatoms. The highest BCUT2D eigenvalue weighted by Gasteiger charge is 2.16. The van der Waals surface area contributed by atoms with Crippen molar-refractivity contribution in [1.29, 1.82) is 0 Å². The lowest BCUT2D eigenvalue weighted by Gasteiger charge is -2.26.